The van der Waals surface area contributed by atoms with Crippen molar-refractivity contribution in [3.8, 4) is 0 Å². The molecule has 12 heavy (non-hydrogen) atoms. The SMILES string of the molecule is [B]c1[nH]c2c(c1Br)C(=O)CCC2. The molecule has 1 aromatic rings. The Balaban J connectivity index is 2.61. The molecule has 2 nitrogen and oxygen atoms in total. The lowest BCUT2D eigenvalue weighted by Crippen LogP contribution is -2.09. The predicted octanol–water partition coefficient (Wildman–Crippen LogP) is 1.09. The maximum absolute atomic E-state index is 11.4. The van der Waals surface area contributed by atoms with Crippen LogP contribution in [-0.2, 0) is 6.42 Å². The van der Waals surface area contributed by atoms with Crippen molar-refractivity contribution in [2.45, 2.75) is 19.3 Å². The van der Waals surface area contributed by atoms with Gasteiger partial charge in [-0.25, -0.2) is 0 Å². The van der Waals surface area contributed by atoms with Crippen LogP contribution in [0.2, 0.25) is 0 Å². The lowest BCUT2D eigenvalue weighted by Gasteiger charge is -2.09. The van der Waals surface area contributed by atoms with Crippen molar-refractivity contribution in [3.05, 3.63) is 15.7 Å². The van der Waals surface area contributed by atoms with Crippen molar-refractivity contribution in [1.29, 1.82) is 0 Å². The molecule has 1 N–H and O–H groups in total. The fourth-order valence-electron chi connectivity index (χ4n) is 1.58. The highest BCUT2D eigenvalue weighted by molar-refractivity contribution is 9.10. The molecule has 4 heteroatoms. The number of carbonyl (C=O) groups is 1. The largest absolute Gasteiger partial charge is 0.370 e. The Hall–Kier alpha value is -0.505. The van der Waals surface area contributed by atoms with Gasteiger partial charge in [-0.05, 0) is 34.4 Å². The topological polar surface area (TPSA) is 32.9 Å². The van der Waals surface area contributed by atoms with Gasteiger partial charge < -0.3 is 4.98 Å². The number of H-pyrrole nitrogens is 1. The van der Waals surface area contributed by atoms with Crippen molar-refractivity contribution < 1.29 is 4.79 Å². The summed E-state index contributed by atoms with van der Waals surface area (Å²) < 4.78 is 0.738. The van der Waals surface area contributed by atoms with Gasteiger partial charge in [0.2, 0.25) is 0 Å². The fraction of sp³-hybridized carbons (Fsp3) is 0.375. The summed E-state index contributed by atoms with van der Waals surface area (Å²) in [6.07, 6.45) is 2.50. The Morgan fingerprint density at radius 1 is 1.42 bits per heavy atom. The standard InChI is InChI=1S/C8H7BBrNO/c9-8-7(10)6-4(11-8)2-1-3-5(6)12/h11H,1-3H2. The molecule has 2 rings (SSSR count). The molecule has 0 aromatic carbocycles. The van der Waals surface area contributed by atoms with E-state index in [-0.39, 0.29) is 5.78 Å². The number of aromatic amines is 1. The molecule has 1 heterocycles. The average Bonchev–Trinajstić information content (AvgIpc) is 2.29. The molecule has 0 saturated heterocycles. The summed E-state index contributed by atoms with van der Waals surface area (Å²) in [5.74, 6) is 0.191. The van der Waals surface area contributed by atoms with Crippen LogP contribution in [0.25, 0.3) is 0 Å². The molecule has 0 amide bonds. The third-order valence-electron chi connectivity index (χ3n) is 2.15. The summed E-state index contributed by atoms with van der Waals surface area (Å²) in [6, 6.07) is 0. The normalized spacial score (nSPS) is 16.2. The molecular formula is C8H7BBrNO. The van der Waals surface area contributed by atoms with Gasteiger partial charge in [-0.3, -0.25) is 4.79 Å². The first kappa shape index (κ1) is 8.11. The van der Waals surface area contributed by atoms with Gasteiger partial charge in [-0.1, -0.05) is 0 Å². The molecule has 0 unspecified atom stereocenters. The van der Waals surface area contributed by atoms with Gasteiger partial charge in [0.15, 0.2) is 5.78 Å². The number of rotatable bonds is 0. The van der Waals surface area contributed by atoms with Crippen LogP contribution in [0.15, 0.2) is 4.47 Å². The van der Waals surface area contributed by atoms with Gasteiger partial charge in [0.1, 0.15) is 7.85 Å². The number of carbonyl (C=O) groups excluding carboxylic acids is 1. The summed E-state index contributed by atoms with van der Waals surface area (Å²) in [4.78, 5) is 14.4. The lowest BCUT2D eigenvalue weighted by atomic mass is 9.96. The van der Waals surface area contributed by atoms with E-state index in [1.165, 1.54) is 0 Å². The Kier molecular flexibility index (Phi) is 1.87. The number of fused-ring (bicyclic) bond motifs is 1. The Bertz CT molecular complexity index is 345. The van der Waals surface area contributed by atoms with Crippen LogP contribution in [0.4, 0.5) is 0 Å². The van der Waals surface area contributed by atoms with Crippen LogP contribution < -0.4 is 5.59 Å². The van der Waals surface area contributed by atoms with E-state index >= 15 is 0 Å². The van der Waals surface area contributed by atoms with E-state index in [4.69, 9.17) is 7.85 Å². The zero-order chi connectivity index (χ0) is 8.72. The lowest BCUT2D eigenvalue weighted by molar-refractivity contribution is 0.0972. The van der Waals surface area contributed by atoms with Gasteiger partial charge >= 0.3 is 0 Å². The number of aromatic nitrogens is 1. The monoisotopic (exact) mass is 223 g/mol. The fourth-order valence-corrected chi connectivity index (χ4v) is 2.14. The van der Waals surface area contributed by atoms with Crippen molar-refractivity contribution in [2.24, 2.45) is 0 Å². The molecular weight excluding hydrogens is 217 g/mol. The molecule has 0 saturated carbocycles. The number of hydrogen-bond donors (Lipinski definition) is 1. The van der Waals surface area contributed by atoms with E-state index in [1.807, 2.05) is 0 Å². The van der Waals surface area contributed by atoms with Crippen LogP contribution >= 0.6 is 15.9 Å². The average molecular weight is 224 g/mol. The highest BCUT2D eigenvalue weighted by Crippen LogP contribution is 2.25. The van der Waals surface area contributed by atoms with E-state index in [9.17, 15) is 4.79 Å². The second kappa shape index (κ2) is 2.77. The van der Waals surface area contributed by atoms with Gasteiger partial charge in [-0.2, -0.15) is 0 Å². The van der Waals surface area contributed by atoms with Crippen LogP contribution in [-0.4, -0.2) is 18.6 Å². The number of nitrogens with one attached hydrogen (secondary N) is 1. The minimum absolute atomic E-state index is 0.191. The summed E-state index contributed by atoms with van der Waals surface area (Å²) in [6.45, 7) is 0. The molecule has 1 aliphatic carbocycles. The second-order valence-corrected chi connectivity index (χ2v) is 3.78. The van der Waals surface area contributed by atoms with E-state index in [2.05, 4.69) is 20.9 Å². The van der Waals surface area contributed by atoms with Crippen molar-refractivity contribution >= 4 is 35.2 Å². The molecule has 60 valence electrons. The minimum atomic E-state index is 0.191. The van der Waals surface area contributed by atoms with E-state index in [0.29, 0.717) is 12.0 Å². The van der Waals surface area contributed by atoms with Crippen LogP contribution in [0.5, 0.6) is 0 Å². The Morgan fingerprint density at radius 2 is 2.17 bits per heavy atom. The molecule has 0 fully saturated rings. The number of halogens is 1. The third-order valence-corrected chi connectivity index (χ3v) is 2.98. The first-order valence-corrected chi connectivity index (χ1v) is 4.68. The van der Waals surface area contributed by atoms with Gasteiger partial charge in [-0.15, -0.1) is 0 Å². The summed E-state index contributed by atoms with van der Waals surface area (Å²) in [5.41, 5.74) is 2.31. The molecule has 1 aromatic heterocycles. The number of ketones is 1. The summed E-state index contributed by atoms with van der Waals surface area (Å²) >= 11 is 3.30. The number of aryl methyl sites for hydroxylation is 1. The molecule has 0 bridgehead atoms. The molecule has 2 radical (unpaired) electrons. The van der Waals surface area contributed by atoms with Crippen molar-refractivity contribution in [3.63, 3.8) is 0 Å². The zero-order valence-corrected chi connectivity index (χ0v) is 8.07. The highest BCUT2D eigenvalue weighted by Gasteiger charge is 2.22. The molecule has 0 spiro atoms. The Morgan fingerprint density at radius 3 is 2.83 bits per heavy atom. The molecule has 1 aliphatic rings. The summed E-state index contributed by atoms with van der Waals surface area (Å²) in [5, 5.41) is 0. The molecule has 0 aliphatic heterocycles. The smallest absolute Gasteiger partial charge is 0.165 e. The maximum atomic E-state index is 11.4. The second-order valence-electron chi connectivity index (χ2n) is 2.98. The van der Waals surface area contributed by atoms with E-state index in [1.54, 1.807) is 0 Å². The first-order valence-electron chi connectivity index (χ1n) is 3.89. The van der Waals surface area contributed by atoms with Gasteiger partial charge in [0, 0.05) is 16.6 Å². The first-order chi connectivity index (χ1) is 5.70. The minimum Gasteiger partial charge on any atom is -0.370 e. The predicted molar refractivity (Wildman–Crippen MR) is 51.1 cm³/mol. The molecule has 0 atom stereocenters. The van der Waals surface area contributed by atoms with Crippen LogP contribution in [0.1, 0.15) is 28.9 Å². The number of Topliss-reactive ketones (excluding diaryl/α,β-unsaturated/α-hetero) is 1. The Labute approximate surface area is 80.3 Å². The highest BCUT2D eigenvalue weighted by atomic mass is 79.9. The van der Waals surface area contributed by atoms with E-state index in [0.717, 1.165) is 28.6 Å². The third kappa shape index (κ3) is 1.05. The van der Waals surface area contributed by atoms with Crippen molar-refractivity contribution in [1.82, 2.24) is 4.98 Å². The summed E-state index contributed by atoms with van der Waals surface area (Å²) in [7, 11) is 5.63. The zero-order valence-electron chi connectivity index (χ0n) is 6.48. The quantitative estimate of drug-likeness (QED) is 0.657. The maximum Gasteiger partial charge on any atom is 0.165 e. The van der Waals surface area contributed by atoms with Crippen molar-refractivity contribution in [2.75, 3.05) is 0 Å². The van der Waals surface area contributed by atoms with Crippen LogP contribution in [0.3, 0.4) is 0 Å². The van der Waals surface area contributed by atoms with E-state index < -0.39 is 0 Å². The van der Waals surface area contributed by atoms with Crippen LogP contribution in [0, 0.1) is 0 Å². The number of hydrogen-bond acceptors (Lipinski definition) is 1. The van der Waals surface area contributed by atoms with Gasteiger partial charge in [0.05, 0.1) is 5.56 Å². The van der Waals surface area contributed by atoms with Gasteiger partial charge in [0.25, 0.3) is 0 Å².